The van der Waals surface area contributed by atoms with Crippen molar-refractivity contribution >= 4 is 5.69 Å². The first-order valence-electron chi connectivity index (χ1n) is 6.09. The number of nitro groups is 1. The van der Waals surface area contributed by atoms with Gasteiger partial charge in [-0.2, -0.15) is 5.26 Å². The molecule has 6 nitrogen and oxygen atoms in total. The average molecular weight is 284 g/mol. The molecule has 0 aromatic heterocycles. The summed E-state index contributed by atoms with van der Waals surface area (Å²) in [6.07, 6.45) is 0. The Balaban J connectivity index is 2.16. The lowest BCUT2D eigenvalue weighted by Crippen LogP contribution is -2.00. The summed E-state index contributed by atoms with van der Waals surface area (Å²) in [5.74, 6) is 0.830. The fourth-order valence-corrected chi connectivity index (χ4v) is 1.78. The molecule has 2 aromatic rings. The van der Waals surface area contributed by atoms with Gasteiger partial charge in [0.15, 0.2) is 11.5 Å². The highest BCUT2D eigenvalue weighted by atomic mass is 16.6. The smallest absolute Gasteiger partial charge is 0.269 e. The van der Waals surface area contributed by atoms with Crippen LogP contribution in [0.3, 0.4) is 0 Å². The van der Waals surface area contributed by atoms with Crippen LogP contribution in [0.4, 0.5) is 5.69 Å². The largest absolute Gasteiger partial charge is 0.493 e. The number of benzene rings is 2. The number of para-hydroxylation sites is 1. The molecule has 0 amide bonds. The second kappa shape index (κ2) is 6.39. The average Bonchev–Trinajstić information content (AvgIpc) is 2.52. The number of ether oxygens (including phenoxy) is 2. The number of nitro benzene ring substituents is 1. The van der Waals surface area contributed by atoms with Crippen LogP contribution < -0.4 is 9.47 Å². The Morgan fingerprint density at radius 3 is 2.52 bits per heavy atom. The molecule has 2 rings (SSSR count). The van der Waals surface area contributed by atoms with Crippen LogP contribution in [0.5, 0.6) is 11.5 Å². The van der Waals surface area contributed by atoms with Crippen molar-refractivity contribution in [3.8, 4) is 17.6 Å². The van der Waals surface area contributed by atoms with Crippen LogP contribution in [0.25, 0.3) is 0 Å². The van der Waals surface area contributed by atoms with Gasteiger partial charge in [0.2, 0.25) is 0 Å². The highest BCUT2D eigenvalue weighted by Crippen LogP contribution is 2.31. The third kappa shape index (κ3) is 3.28. The monoisotopic (exact) mass is 284 g/mol. The normalized spacial score (nSPS) is 9.71. The maximum absolute atomic E-state index is 10.6. The third-order valence-electron chi connectivity index (χ3n) is 2.85. The number of methoxy groups -OCH3 is 1. The first-order valence-corrected chi connectivity index (χ1v) is 6.09. The second-order valence-corrected chi connectivity index (χ2v) is 4.16. The summed E-state index contributed by atoms with van der Waals surface area (Å²) in [5.41, 5.74) is 1.15. The van der Waals surface area contributed by atoms with Crippen LogP contribution in [0.2, 0.25) is 0 Å². The number of non-ortho nitro benzene ring substituents is 1. The maximum Gasteiger partial charge on any atom is 0.269 e. The van der Waals surface area contributed by atoms with E-state index < -0.39 is 4.92 Å². The van der Waals surface area contributed by atoms with E-state index in [1.165, 1.54) is 19.2 Å². The summed E-state index contributed by atoms with van der Waals surface area (Å²) >= 11 is 0. The fraction of sp³-hybridized carbons (Fsp3) is 0.133. The number of nitriles is 1. The van der Waals surface area contributed by atoms with E-state index >= 15 is 0 Å². The number of hydrogen-bond donors (Lipinski definition) is 0. The topological polar surface area (TPSA) is 85.4 Å². The number of nitrogens with zero attached hydrogens (tertiary/aromatic N) is 2. The van der Waals surface area contributed by atoms with E-state index in [-0.39, 0.29) is 12.3 Å². The van der Waals surface area contributed by atoms with Gasteiger partial charge in [0, 0.05) is 12.1 Å². The van der Waals surface area contributed by atoms with Crippen LogP contribution in [-0.4, -0.2) is 12.0 Å². The zero-order valence-corrected chi connectivity index (χ0v) is 11.3. The van der Waals surface area contributed by atoms with Gasteiger partial charge in [-0.25, -0.2) is 0 Å². The Labute approximate surface area is 121 Å². The van der Waals surface area contributed by atoms with Gasteiger partial charge < -0.3 is 9.47 Å². The molecule has 0 saturated carbocycles. The van der Waals surface area contributed by atoms with Crippen molar-refractivity contribution in [2.75, 3.05) is 7.11 Å². The molecule has 0 atom stereocenters. The van der Waals surface area contributed by atoms with Gasteiger partial charge in [0.25, 0.3) is 5.69 Å². The summed E-state index contributed by atoms with van der Waals surface area (Å²) in [6, 6.07) is 13.1. The molecule has 0 aliphatic carbocycles. The molecule has 21 heavy (non-hydrogen) atoms. The standard InChI is InChI=1S/C15H12N2O4/c1-20-14-4-2-3-12(9-16)15(14)21-10-11-5-7-13(8-6-11)17(18)19/h2-8H,10H2,1H3. The second-order valence-electron chi connectivity index (χ2n) is 4.16. The van der Waals surface area contributed by atoms with Crippen molar-refractivity contribution in [3.63, 3.8) is 0 Å². The first-order chi connectivity index (χ1) is 10.2. The van der Waals surface area contributed by atoms with Gasteiger partial charge in [-0.1, -0.05) is 6.07 Å². The minimum absolute atomic E-state index is 0.0220. The molecule has 0 aliphatic rings. The van der Waals surface area contributed by atoms with Gasteiger partial charge in [0.1, 0.15) is 12.7 Å². The minimum Gasteiger partial charge on any atom is -0.493 e. The molecule has 0 N–H and O–H groups in total. The van der Waals surface area contributed by atoms with Gasteiger partial charge in [-0.05, 0) is 29.8 Å². The van der Waals surface area contributed by atoms with Gasteiger partial charge >= 0.3 is 0 Å². The predicted octanol–water partition coefficient (Wildman–Crippen LogP) is 3.05. The minimum atomic E-state index is -0.460. The summed E-state index contributed by atoms with van der Waals surface area (Å²) in [5, 5.41) is 19.7. The Kier molecular flexibility index (Phi) is 4.36. The molecule has 0 saturated heterocycles. The fourth-order valence-electron chi connectivity index (χ4n) is 1.78. The van der Waals surface area contributed by atoms with E-state index in [9.17, 15) is 10.1 Å². The van der Waals surface area contributed by atoms with Crippen molar-refractivity contribution in [1.82, 2.24) is 0 Å². The Morgan fingerprint density at radius 2 is 1.95 bits per heavy atom. The lowest BCUT2D eigenvalue weighted by molar-refractivity contribution is -0.384. The van der Waals surface area contributed by atoms with Crippen molar-refractivity contribution in [2.45, 2.75) is 6.61 Å². The SMILES string of the molecule is COc1cccc(C#N)c1OCc1ccc([N+](=O)[O-])cc1. The molecule has 0 spiro atoms. The van der Waals surface area contributed by atoms with E-state index in [2.05, 4.69) is 0 Å². The molecule has 0 radical (unpaired) electrons. The zero-order valence-electron chi connectivity index (χ0n) is 11.3. The lowest BCUT2D eigenvalue weighted by Gasteiger charge is -2.11. The molecule has 0 fully saturated rings. The Morgan fingerprint density at radius 1 is 1.24 bits per heavy atom. The maximum atomic E-state index is 10.6. The number of hydrogen-bond acceptors (Lipinski definition) is 5. The molecule has 106 valence electrons. The van der Waals surface area contributed by atoms with Gasteiger partial charge in [-0.15, -0.1) is 0 Å². The summed E-state index contributed by atoms with van der Waals surface area (Å²) in [7, 11) is 1.50. The van der Waals surface area contributed by atoms with E-state index in [1.54, 1.807) is 30.3 Å². The quantitative estimate of drug-likeness (QED) is 0.622. The highest BCUT2D eigenvalue weighted by Gasteiger charge is 2.11. The van der Waals surface area contributed by atoms with Crippen LogP contribution in [0, 0.1) is 21.4 Å². The van der Waals surface area contributed by atoms with Crippen molar-refractivity contribution in [3.05, 3.63) is 63.7 Å². The lowest BCUT2D eigenvalue weighted by atomic mass is 10.2. The third-order valence-corrected chi connectivity index (χ3v) is 2.85. The van der Waals surface area contributed by atoms with E-state index in [4.69, 9.17) is 14.7 Å². The van der Waals surface area contributed by atoms with E-state index in [0.717, 1.165) is 5.56 Å². The predicted molar refractivity (Wildman–Crippen MR) is 75.1 cm³/mol. The molecule has 0 bridgehead atoms. The van der Waals surface area contributed by atoms with E-state index in [0.29, 0.717) is 17.1 Å². The van der Waals surface area contributed by atoms with Crippen molar-refractivity contribution < 1.29 is 14.4 Å². The van der Waals surface area contributed by atoms with Crippen molar-refractivity contribution in [2.24, 2.45) is 0 Å². The molecular weight excluding hydrogens is 272 g/mol. The first kappa shape index (κ1) is 14.3. The summed E-state index contributed by atoms with van der Waals surface area (Å²) in [6.45, 7) is 0.188. The number of rotatable bonds is 5. The molecule has 0 aliphatic heterocycles. The van der Waals surface area contributed by atoms with Gasteiger partial charge in [0.05, 0.1) is 17.6 Å². The highest BCUT2D eigenvalue weighted by molar-refractivity contribution is 5.52. The molecule has 6 heteroatoms. The van der Waals surface area contributed by atoms with Crippen LogP contribution in [-0.2, 0) is 6.61 Å². The van der Waals surface area contributed by atoms with Crippen molar-refractivity contribution in [1.29, 1.82) is 5.26 Å². The summed E-state index contributed by atoms with van der Waals surface area (Å²) < 4.78 is 10.8. The van der Waals surface area contributed by atoms with Gasteiger partial charge in [-0.3, -0.25) is 10.1 Å². The van der Waals surface area contributed by atoms with Crippen LogP contribution in [0.15, 0.2) is 42.5 Å². The molecule has 0 heterocycles. The molecule has 2 aromatic carbocycles. The molecule has 0 unspecified atom stereocenters. The Bertz CT molecular complexity index is 690. The zero-order chi connectivity index (χ0) is 15.2. The Hall–Kier alpha value is -3.07. The van der Waals surface area contributed by atoms with E-state index in [1.807, 2.05) is 6.07 Å². The van der Waals surface area contributed by atoms with Crippen LogP contribution in [0.1, 0.15) is 11.1 Å². The van der Waals surface area contributed by atoms with Crippen LogP contribution >= 0.6 is 0 Å². The molecular formula is C15H12N2O4. The summed E-state index contributed by atoms with van der Waals surface area (Å²) in [4.78, 5) is 10.1.